The Kier molecular flexibility index (Phi) is 8.24. The van der Waals surface area contributed by atoms with Crippen LogP contribution in [0.2, 0.25) is 0 Å². The lowest BCUT2D eigenvalue weighted by Crippen LogP contribution is -2.36. The third-order valence-electron chi connectivity index (χ3n) is 6.01. The van der Waals surface area contributed by atoms with Gasteiger partial charge in [-0.05, 0) is 18.9 Å². The second kappa shape index (κ2) is 10.9. The highest BCUT2D eigenvalue weighted by Gasteiger charge is 2.48. The van der Waals surface area contributed by atoms with Crippen molar-refractivity contribution >= 4 is 11.7 Å². The zero-order valence-corrected chi connectivity index (χ0v) is 19.5. The maximum absolute atomic E-state index is 12.5. The highest BCUT2D eigenvalue weighted by Crippen LogP contribution is 2.34. The lowest BCUT2D eigenvalue weighted by molar-refractivity contribution is -0.126. The molecule has 7 heteroatoms. The van der Waals surface area contributed by atoms with Gasteiger partial charge in [-0.3, -0.25) is 9.59 Å². The Hall–Kier alpha value is -2.74. The molecule has 0 spiro atoms. The normalized spacial score (nSPS) is 34.7. The molecule has 7 nitrogen and oxygen atoms in total. The van der Waals surface area contributed by atoms with Crippen LogP contribution in [0.5, 0.6) is 0 Å². The number of ketones is 1. The molecule has 6 atom stereocenters. The molecule has 33 heavy (non-hydrogen) atoms. The van der Waals surface area contributed by atoms with Crippen molar-refractivity contribution in [2.24, 2.45) is 5.92 Å². The van der Waals surface area contributed by atoms with Gasteiger partial charge in [0.25, 0.3) is 5.91 Å². The third-order valence-corrected chi connectivity index (χ3v) is 6.01. The second-order valence-electron chi connectivity index (χ2n) is 8.90. The van der Waals surface area contributed by atoms with Gasteiger partial charge in [-0.25, -0.2) is 0 Å². The summed E-state index contributed by atoms with van der Waals surface area (Å²) in [5, 5.41) is 20.5. The number of ether oxygens (including phenoxy) is 2. The number of amides is 1. The molecule has 3 aliphatic rings. The third kappa shape index (κ3) is 5.61. The van der Waals surface area contributed by atoms with Crippen LogP contribution in [0.3, 0.4) is 0 Å². The van der Waals surface area contributed by atoms with E-state index in [1.54, 1.807) is 31.4 Å². The first kappa shape index (κ1) is 24.9. The fourth-order valence-corrected chi connectivity index (χ4v) is 4.44. The van der Waals surface area contributed by atoms with Crippen LogP contribution in [-0.2, 0) is 19.1 Å². The molecule has 0 bridgehead atoms. The number of Topliss-reactive ketones (excluding diaryl/α,β-unsaturated/α-hetero) is 1. The SMILES string of the molecule is CC1CC2OC(/C=C/C=C/C=C/C=C/C=C/C(O)=C3C(=O)C(C(C)C)N(C)C3=O)C(O)C2O1. The Morgan fingerprint density at radius 2 is 1.64 bits per heavy atom. The fraction of sp³-hybridized carbons (Fsp3) is 0.462. The number of fused-ring (bicyclic) bond motifs is 1. The van der Waals surface area contributed by atoms with E-state index in [2.05, 4.69) is 0 Å². The van der Waals surface area contributed by atoms with Crippen LogP contribution in [0.15, 0.2) is 72.1 Å². The van der Waals surface area contributed by atoms with Gasteiger partial charge in [-0.2, -0.15) is 0 Å². The van der Waals surface area contributed by atoms with E-state index < -0.39 is 18.1 Å². The predicted molar refractivity (Wildman–Crippen MR) is 125 cm³/mol. The number of aliphatic hydroxyl groups is 2. The Morgan fingerprint density at radius 3 is 2.21 bits per heavy atom. The predicted octanol–water partition coefficient (Wildman–Crippen LogP) is 2.95. The number of likely N-dealkylation sites (tertiary alicyclic amines) is 1. The molecule has 3 aliphatic heterocycles. The summed E-state index contributed by atoms with van der Waals surface area (Å²) in [6.45, 7) is 5.72. The minimum absolute atomic E-state index is 0.0260. The lowest BCUT2D eigenvalue weighted by atomic mass is 9.98. The van der Waals surface area contributed by atoms with Gasteiger partial charge in [0.2, 0.25) is 0 Å². The number of hydrogen-bond donors (Lipinski definition) is 2. The number of allylic oxidation sites excluding steroid dienone is 9. The molecular formula is C26H33NO6. The van der Waals surface area contributed by atoms with Crippen LogP contribution in [0.25, 0.3) is 0 Å². The maximum atomic E-state index is 12.5. The first-order chi connectivity index (χ1) is 15.7. The minimum Gasteiger partial charge on any atom is -0.507 e. The van der Waals surface area contributed by atoms with E-state index in [0.29, 0.717) is 0 Å². The van der Waals surface area contributed by atoms with Crippen molar-refractivity contribution in [3.8, 4) is 0 Å². The molecule has 3 saturated heterocycles. The van der Waals surface area contributed by atoms with Gasteiger partial charge in [0.1, 0.15) is 29.6 Å². The number of nitrogens with zero attached hydrogens (tertiary/aromatic N) is 1. The topological polar surface area (TPSA) is 96.3 Å². The Labute approximate surface area is 195 Å². The van der Waals surface area contributed by atoms with Crippen molar-refractivity contribution in [1.29, 1.82) is 0 Å². The van der Waals surface area contributed by atoms with Crippen molar-refractivity contribution in [3.05, 3.63) is 72.1 Å². The van der Waals surface area contributed by atoms with Crippen LogP contribution in [0.4, 0.5) is 0 Å². The Balaban J connectivity index is 1.46. The van der Waals surface area contributed by atoms with Crippen molar-refractivity contribution in [2.75, 3.05) is 7.05 Å². The van der Waals surface area contributed by atoms with Crippen molar-refractivity contribution in [2.45, 2.75) is 63.8 Å². The summed E-state index contributed by atoms with van der Waals surface area (Å²) in [6, 6.07) is -0.539. The van der Waals surface area contributed by atoms with Crippen molar-refractivity contribution < 1.29 is 29.3 Å². The lowest BCUT2D eigenvalue weighted by Gasteiger charge is -2.20. The molecule has 2 N–H and O–H groups in total. The largest absolute Gasteiger partial charge is 0.507 e. The monoisotopic (exact) mass is 455 g/mol. The molecular weight excluding hydrogens is 422 g/mol. The standard InChI is InChI=1S/C26H33NO6/c1-16(2)22-24(30)21(26(31)27(22)4)18(28)13-11-9-7-5-6-8-10-12-14-19-23(29)25-20(33-19)15-17(3)32-25/h5-14,16-17,19-20,22-23,25,28-29H,15H2,1-4H3/b6-5+,9-7+,10-8+,13-11+,14-12+,21-18?. The van der Waals surface area contributed by atoms with Gasteiger partial charge >= 0.3 is 0 Å². The summed E-state index contributed by atoms with van der Waals surface area (Å²) < 4.78 is 11.5. The van der Waals surface area contributed by atoms with E-state index in [4.69, 9.17) is 9.47 Å². The molecule has 3 fully saturated rings. The van der Waals surface area contributed by atoms with Crippen LogP contribution in [-0.4, -0.2) is 70.4 Å². The first-order valence-electron chi connectivity index (χ1n) is 11.3. The molecule has 178 valence electrons. The second-order valence-corrected chi connectivity index (χ2v) is 8.90. The molecule has 0 aliphatic carbocycles. The van der Waals surface area contributed by atoms with E-state index in [1.807, 2.05) is 51.2 Å². The molecule has 0 saturated carbocycles. The van der Waals surface area contributed by atoms with Crippen LogP contribution < -0.4 is 0 Å². The smallest absolute Gasteiger partial charge is 0.261 e. The minimum atomic E-state index is -0.646. The number of carbonyl (C=O) groups is 2. The highest BCUT2D eigenvalue weighted by atomic mass is 16.6. The average Bonchev–Trinajstić information content (AvgIpc) is 3.33. The zero-order chi connectivity index (χ0) is 24.1. The molecule has 1 amide bonds. The summed E-state index contributed by atoms with van der Waals surface area (Å²) in [5.74, 6) is -1.15. The quantitative estimate of drug-likeness (QED) is 0.265. The number of hydrogen-bond acceptors (Lipinski definition) is 6. The van der Waals surface area contributed by atoms with Gasteiger partial charge in [0.15, 0.2) is 5.78 Å². The number of likely N-dealkylation sites (N-methyl/N-ethyl adjacent to an activating group) is 1. The summed E-state index contributed by atoms with van der Waals surface area (Å²) in [5.41, 5.74) is -0.160. The molecule has 0 radical (unpaired) electrons. The zero-order valence-electron chi connectivity index (χ0n) is 19.5. The van der Waals surface area contributed by atoms with Crippen molar-refractivity contribution in [3.63, 3.8) is 0 Å². The van der Waals surface area contributed by atoms with Gasteiger partial charge in [0.05, 0.1) is 18.2 Å². The van der Waals surface area contributed by atoms with E-state index in [-0.39, 0.29) is 47.4 Å². The van der Waals surface area contributed by atoms with E-state index in [0.717, 1.165) is 6.42 Å². The van der Waals surface area contributed by atoms with Crippen LogP contribution >= 0.6 is 0 Å². The highest BCUT2D eigenvalue weighted by molar-refractivity contribution is 6.27. The summed E-state index contributed by atoms with van der Waals surface area (Å²) in [7, 11) is 1.57. The van der Waals surface area contributed by atoms with Crippen LogP contribution in [0, 0.1) is 5.92 Å². The average molecular weight is 456 g/mol. The van der Waals surface area contributed by atoms with E-state index in [9.17, 15) is 19.8 Å². The number of aliphatic hydroxyl groups excluding tert-OH is 2. The maximum Gasteiger partial charge on any atom is 0.261 e. The molecule has 0 aromatic heterocycles. The summed E-state index contributed by atoms with van der Waals surface area (Å²) in [4.78, 5) is 26.1. The van der Waals surface area contributed by atoms with Crippen LogP contribution in [0.1, 0.15) is 27.2 Å². The van der Waals surface area contributed by atoms with E-state index >= 15 is 0 Å². The first-order valence-corrected chi connectivity index (χ1v) is 11.3. The van der Waals surface area contributed by atoms with Crippen molar-refractivity contribution in [1.82, 2.24) is 4.90 Å². The summed E-state index contributed by atoms with van der Waals surface area (Å²) in [6.07, 6.45) is 17.0. The molecule has 6 unspecified atom stereocenters. The van der Waals surface area contributed by atoms with Gasteiger partial charge in [-0.15, -0.1) is 0 Å². The Bertz CT molecular complexity index is 925. The Morgan fingerprint density at radius 1 is 1.03 bits per heavy atom. The molecule has 0 aromatic carbocycles. The molecule has 3 rings (SSSR count). The summed E-state index contributed by atoms with van der Waals surface area (Å²) >= 11 is 0. The van der Waals surface area contributed by atoms with Gasteiger partial charge < -0.3 is 24.6 Å². The van der Waals surface area contributed by atoms with Gasteiger partial charge in [-0.1, -0.05) is 68.5 Å². The number of rotatable bonds is 7. The molecule has 3 heterocycles. The molecule has 0 aromatic rings. The van der Waals surface area contributed by atoms with E-state index in [1.165, 1.54) is 11.0 Å². The van der Waals surface area contributed by atoms with Gasteiger partial charge in [0, 0.05) is 13.5 Å². The fourth-order valence-electron chi connectivity index (χ4n) is 4.44. The number of carbonyl (C=O) groups excluding carboxylic acids is 2.